The zero-order valence-corrected chi connectivity index (χ0v) is 16.3. The fraction of sp³-hybridized carbons (Fsp3) is 0.882. The molecule has 0 amide bonds. The summed E-state index contributed by atoms with van der Waals surface area (Å²) in [5.41, 5.74) is 23.6. The van der Waals surface area contributed by atoms with Gasteiger partial charge in [0.25, 0.3) is 0 Å². The standard InChI is InChI=1S/C17H32N4O9/c18-3-9-12(25)13(26)17(28-9)30-15-11(24)6(19)2-7(20)14(15)29-16-10(21)8(23)1-5(4-22)27-16/h1,6-17,22-26H,2-4,18-21H2/t6-,7?,8?,9-,10?,11-,12?,13+,14-,15?,16-,17+/m1/s1. The first kappa shape index (κ1) is 23.7. The molecule has 0 aromatic rings. The lowest BCUT2D eigenvalue weighted by atomic mass is 9.84. The molecular weight excluding hydrogens is 404 g/mol. The van der Waals surface area contributed by atoms with E-state index in [0.717, 1.165) is 0 Å². The average Bonchev–Trinajstić information content (AvgIpc) is 2.99. The van der Waals surface area contributed by atoms with Crippen molar-refractivity contribution in [3.8, 4) is 0 Å². The molecule has 1 aliphatic carbocycles. The second-order valence-corrected chi connectivity index (χ2v) is 7.86. The summed E-state index contributed by atoms with van der Waals surface area (Å²) in [6, 6.07) is -2.48. The first-order valence-electron chi connectivity index (χ1n) is 9.81. The second kappa shape index (κ2) is 9.68. The number of hydrogen-bond donors (Lipinski definition) is 9. The third-order valence-electron chi connectivity index (χ3n) is 5.69. The molecule has 1 saturated heterocycles. The van der Waals surface area contributed by atoms with Crippen LogP contribution >= 0.6 is 0 Å². The van der Waals surface area contributed by atoms with E-state index in [-0.39, 0.29) is 18.7 Å². The molecule has 3 rings (SSSR count). The lowest BCUT2D eigenvalue weighted by Crippen LogP contribution is -2.65. The zero-order valence-electron chi connectivity index (χ0n) is 16.3. The molecule has 30 heavy (non-hydrogen) atoms. The van der Waals surface area contributed by atoms with Gasteiger partial charge in [0.1, 0.15) is 42.9 Å². The van der Waals surface area contributed by atoms with Gasteiger partial charge in [0.15, 0.2) is 6.29 Å². The summed E-state index contributed by atoms with van der Waals surface area (Å²) in [6.07, 6.45) is -9.20. The Morgan fingerprint density at radius 3 is 2.20 bits per heavy atom. The maximum Gasteiger partial charge on any atom is 0.218 e. The smallest absolute Gasteiger partial charge is 0.218 e. The van der Waals surface area contributed by atoms with Crippen molar-refractivity contribution in [1.82, 2.24) is 0 Å². The fourth-order valence-corrected chi connectivity index (χ4v) is 3.88. The lowest BCUT2D eigenvalue weighted by molar-refractivity contribution is -0.275. The molecule has 2 aliphatic heterocycles. The average molecular weight is 436 g/mol. The van der Waals surface area contributed by atoms with E-state index < -0.39 is 80.0 Å². The highest BCUT2D eigenvalue weighted by molar-refractivity contribution is 5.07. The van der Waals surface area contributed by atoms with E-state index in [2.05, 4.69) is 0 Å². The molecule has 13 heteroatoms. The lowest BCUT2D eigenvalue weighted by Gasteiger charge is -2.45. The SMILES string of the molecule is NC[C@H]1O[C@@H](OC2[C@H](O[C@H]3OC(CO)=CC(O)C3N)C(N)C[C@@H](N)[C@H]2O)[C@@H](O)C1O. The van der Waals surface area contributed by atoms with Crippen LogP contribution in [0.4, 0.5) is 0 Å². The van der Waals surface area contributed by atoms with Gasteiger partial charge >= 0.3 is 0 Å². The number of aliphatic hydroxyl groups is 5. The van der Waals surface area contributed by atoms with Gasteiger partial charge in [-0.2, -0.15) is 0 Å². The van der Waals surface area contributed by atoms with Crippen LogP contribution in [0.1, 0.15) is 6.42 Å². The number of rotatable bonds is 6. The van der Waals surface area contributed by atoms with Gasteiger partial charge < -0.3 is 67.4 Å². The van der Waals surface area contributed by atoms with E-state index in [1.54, 1.807) is 0 Å². The molecule has 2 fully saturated rings. The van der Waals surface area contributed by atoms with Crippen molar-refractivity contribution in [2.24, 2.45) is 22.9 Å². The highest BCUT2D eigenvalue weighted by Crippen LogP contribution is 2.31. The first-order valence-corrected chi connectivity index (χ1v) is 9.81. The molecule has 0 aromatic heterocycles. The quantitative estimate of drug-likeness (QED) is 0.189. The number of hydrogen-bond acceptors (Lipinski definition) is 13. The zero-order chi connectivity index (χ0) is 22.2. The molecule has 0 spiro atoms. The van der Waals surface area contributed by atoms with E-state index in [9.17, 15) is 25.5 Å². The van der Waals surface area contributed by atoms with Crippen molar-refractivity contribution >= 4 is 0 Å². The number of ether oxygens (including phenoxy) is 4. The highest BCUT2D eigenvalue weighted by atomic mass is 16.7. The van der Waals surface area contributed by atoms with Gasteiger partial charge in [-0.1, -0.05) is 0 Å². The third kappa shape index (κ3) is 4.62. The summed E-state index contributed by atoms with van der Waals surface area (Å²) in [7, 11) is 0. The normalized spacial score (nSPS) is 49.6. The largest absolute Gasteiger partial charge is 0.465 e. The Morgan fingerprint density at radius 2 is 1.60 bits per heavy atom. The third-order valence-corrected chi connectivity index (χ3v) is 5.69. The minimum atomic E-state index is -1.42. The molecule has 12 atom stereocenters. The molecule has 13 N–H and O–H groups in total. The van der Waals surface area contributed by atoms with Crippen LogP contribution in [0.25, 0.3) is 0 Å². The van der Waals surface area contributed by atoms with E-state index >= 15 is 0 Å². The van der Waals surface area contributed by atoms with Crippen LogP contribution in [0.5, 0.6) is 0 Å². The molecule has 3 aliphatic rings. The fourth-order valence-electron chi connectivity index (χ4n) is 3.88. The van der Waals surface area contributed by atoms with Crippen LogP contribution in [0.3, 0.4) is 0 Å². The van der Waals surface area contributed by atoms with Crippen molar-refractivity contribution < 1.29 is 44.5 Å². The van der Waals surface area contributed by atoms with Crippen molar-refractivity contribution in [2.75, 3.05) is 13.2 Å². The monoisotopic (exact) mass is 436 g/mol. The second-order valence-electron chi connectivity index (χ2n) is 7.86. The molecule has 2 heterocycles. The maximum absolute atomic E-state index is 10.6. The summed E-state index contributed by atoms with van der Waals surface area (Å²) >= 11 is 0. The molecule has 13 nitrogen and oxygen atoms in total. The highest BCUT2D eigenvalue weighted by Gasteiger charge is 2.50. The van der Waals surface area contributed by atoms with Crippen LogP contribution in [-0.4, -0.2) is 112 Å². The summed E-state index contributed by atoms with van der Waals surface area (Å²) in [6.45, 7) is -0.530. The number of aliphatic hydroxyl groups excluding tert-OH is 5. The first-order chi connectivity index (χ1) is 14.2. The Balaban J connectivity index is 1.77. The Morgan fingerprint density at radius 1 is 0.933 bits per heavy atom. The van der Waals surface area contributed by atoms with Crippen LogP contribution in [-0.2, 0) is 18.9 Å². The molecule has 0 aromatic carbocycles. The van der Waals surface area contributed by atoms with Crippen molar-refractivity contribution in [3.05, 3.63) is 11.8 Å². The predicted octanol–water partition coefficient (Wildman–Crippen LogP) is -5.50. The van der Waals surface area contributed by atoms with E-state index in [1.165, 1.54) is 6.08 Å². The van der Waals surface area contributed by atoms with E-state index in [4.69, 9.17) is 41.9 Å². The Kier molecular flexibility index (Phi) is 7.66. The summed E-state index contributed by atoms with van der Waals surface area (Å²) in [5, 5.41) is 50.2. The van der Waals surface area contributed by atoms with Gasteiger partial charge in [0.05, 0.1) is 18.2 Å². The number of nitrogens with two attached hydrogens (primary N) is 4. The van der Waals surface area contributed by atoms with Crippen molar-refractivity contribution in [3.63, 3.8) is 0 Å². The van der Waals surface area contributed by atoms with Gasteiger partial charge in [-0.15, -0.1) is 0 Å². The predicted molar refractivity (Wildman–Crippen MR) is 100 cm³/mol. The Labute approximate surface area is 173 Å². The van der Waals surface area contributed by atoms with Crippen molar-refractivity contribution in [2.45, 2.75) is 79.9 Å². The molecule has 0 radical (unpaired) electrons. The van der Waals surface area contributed by atoms with Crippen LogP contribution in [0, 0.1) is 0 Å². The Bertz CT molecular complexity index is 614. The van der Waals surface area contributed by atoms with Gasteiger partial charge in [-0.3, -0.25) is 0 Å². The van der Waals surface area contributed by atoms with Crippen LogP contribution in [0.2, 0.25) is 0 Å². The molecule has 1 saturated carbocycles. The van der Waals surface area contributed by atoms with Crippen molar-refractivity contribution in [1.29, 1.82) is 0 Å². The molecular formula is C17H32N4O9. The molecule has 174 valence electrons. The van der Waals surface area contributed by atoms with Gasteiger partial charge in [-0.25, -0.2) is 0 Å². The van der Waals surface area contributed by atoms with Crippen LogP contribution in [0.15, 0.2) is 11.8 Å². The van der Waals surface area contributed by atoms with Gasteiger partial charge in [0.2, 0.25) is 6.29 Å². The van der Waals surface area contributed by atoms with E-state index in [1.807, 2.05) is 0 Å². The van der Waals surface area contributed by atoms with Gasteiger partial charge in [-0.05, 0) is 12.5 Å². The minimum Gasteiger partial charge on any atom is -0.465 e. The molecule has 0 bridgehead atoms. The summed E-state index contributed by atoms with van der Waals surface area (Å²) < 4.78 is 22.5. The molecule has 5 unspecified atom stereocenters. The van der Waals surface area contributed by atoms with Crippen LogP contribution < -0.4 is 22.9 Å². The topological polar surface area (TPSA) is 242 Å². The summed E-state index contributed by atoms with van der Waals surface area (Å²) in [5.74, 6) is 0.0664. The van der Waals surface area contributed by atoms with E-state index in [0.29, 0.717) is 0 Å². The minimum absolute atomic E-state index is 0.0524. The maximum atomic E-state index is 10.6. The van der Waals surface area contributed by atoms with Gasteiger partial charge in [0, 0.05) is 18.6 Å². The summed E-state index contributed by atoms with van der Waals surface area (Å²) in [4.78, 5) is 0. The Hall–Kier alpha value is -0.940.